The first-order valence-corrected chi connectivity index (χ1v) is 8.87. The van der Waals surface area contributed by atoms with Crippen LogP contribution in [-0.4, -0.2) is 53.6 Å². The van der Waals surface area contributed by atoms with Crippen LogP contribution in [-0.2, 0) is 11.3 Å². The largest absolute Gasteiger partial charge is 0.361 e. The average molecular weight is 383 g/mol. The van der Waals surface area contributed by atoms with E-state index in [2.05, 4.69) is 20.3 Å². The molecule has 2 heterocycles. The summed E-state index contributed by atoms with van der Waals surface area (Å²) in [7, 11) is 0. The zero-order valence-corrected chi connectivity index (χ0v) is 15.5. The van der Waals surface area contributed by atoms with Crippen molar-refractivity contribution in [1.82, 2.24) is 15.0 Å². The second-order valence-electron chi connectivity index (χ2n) is 6.13. The molecule has 0 spiro atoms. The zero-order valence-electron chi connectivity index (χ0n) is 14.0. The minimum Gasteiger partial charge on any atom is -0.361 e. The van der Waals surface area contributed by atoms with Crippen LogP contribution in [0, 0.1) is 6.92 Å². The number of benzene rings is 1. The Bertz CT molecular complexity index is 722. The second kappa shape index (κ2) is 8.19. The van der Waals surface area contributed by atoms with Crippen molar-refractivity contribution in [1.29, 1.82) is 0 Å². The Morgan fingerprint density at radius 3 is 2.44 bits per heavy atom. The zero-order chi connectivity index (χ0) is 17.8. The van der Waals surface area contributed by atoms with E-state index in [1.807, 2.05) is 13.0 Å². The van der Waals surface area contributed by atoms with Gasteiger partial charge in [0.15, 0.2) is 0 Å². The Kier molecular flexibility index (Phi) is 5.96. The Morgan fingerprint density at radius 2 is 1.84 bits per heavy atom. The molecule has 1 N–H and O–H groups in total. The SMILES string of the molecule is Cc1cc(CN2CCN(CC(=O)Nc3c(Cl)cccc3Cl)CC2)no1. The first-order chi connectivity index (χ1) is 12.0. The van der Waals surface area contributed by atoms with Crippen molar-refractivity contribution in [3.8, 4) is 0 Å². The molecule has 0 bridgehead atoms. The van der Waals surface area contributed by atoms with Gasteiger partial charge in [0.2, 0.25) is 5.91 Å². The number of carbonyl (C=O) groups excluding carboxylic acids is 1. The number of hydrogen-bond donors (Lipinski definition) is 1. The van der Waals surface area contributed by atoms with Crippen LogP contribution in [0.1, 0.15) is 11.5 Å². The summed E-state index contributed by atoms with van der Waals surface area (Å²) in [6.07, 6.45) is 0. The van der Waals surface area contributed by atoms with E-state index >= 15 is 0 Å². The van der Waals surface area contributed by atoms with Crippen molar-refractivity contribution in [3.05, 3.63) is 45.8 Å². The number of aromatic nitrogens is 1. The first kappa shape index (κ1) is 18.2. The molecule has 134 valence electrons. The van der Waals surface area contributed by atoms with Crippen LogP contribution in [0.4, 0.5) is 5.69 Å². The molecule has 0 radical (unpaired) electrons. The third-order valence-electron chi connectivity index (χ3n) is 4.12. The van der Waals surface area contributed by atoms with E-state index in [-0.39, 0.29) is 5.91 Å². The topological polar surface area (TPSA) is 61.6 Å². The maximum absolute atomic E-state index is 12.3. The fraction of sp³-hybridized carbons (Fsp3) is 0.412. The summed E-state index contributed by atoms with van der Waals surface area (Å²) in [5, 5.41) is 7.70. The number of para-hydroxylation sites is 1. The molecule has 2 aromatic rings. The van der Waals surface area contributed by atoms with E-state index in [9.17, 15) is 4.79 Å². The predicted molar refractivity (Wildman–Crippen MR) is 98.0 cm³/mol. The van der Waals surface area contributed by atoms with Crippen LogP contribution in [0.2, 0.25) is 10.0 Å². The molecule has 1 amide bonds. The highest BCUT2D eigenvalue weighted by Crippen LogP contribution is 2.29. The van der Waals surface area contributed by atoms with Gasteiger partial charge in [-0.25, -0.2) is 0 Å². The number of hydrogen-bond acceptors (Lipinski definition) is 5. The highest BCUT2D eigenvalue weighted by Gasteiger charge is 2.20. The average Bonchev–Trinajstić information content (AvgIpc) is 2.98. The van der Waals surface area contributed by atoms with E-state index in [0.717, 1.165) is 44.2 Å². The fourth-order valence-corrected chi connectivity index (χ4v) is 3.32. The van der Waals surface area contributed by atoms with Gasteiger partial charge in [0.25, 0.3) is 0 Å². The number of anilines is 1. The molecule has 1 aromatic heterocycles. The number of amides is 1. The molecule has 1 aromatic carbocycles. The summed E-state index contributed by atoms with van der Waals surface area (Å²) in [6, 6.07) is 7.10. The first-order valence-electron chi connectivity index (χ1n) is 8.12. The highest BCUT2D eigenvalue weighted by molar-refractivity contribution is 6.39. The molecule has 8 heteroatoms. The van der Waals surface area contributed by atoms with Crippen LogP contribution < -0.4 is 5.32 Å². The number of rotatable bonds is 5. The van der Waals surface area contributed by atoms with Gasteiger partial charge in [0, 0.05) is 38.8 Å². The van der Waals surface area contributed by atoms with Gasteiger partial charge in [0.05, 0.1) is 28.0 Å². The maximum Gasteiger partial charge on any atom is 0.238 e. The number of nitrogens with one attached hydrogen (secondary N) is 1. The highest BCUT2D eigenvalue weighted by atomic mass is 35.5. The van der Waals surface area contributed by atoms with Crippen LogP contribution in [0.5, 0.6) is 0 Å². The molecule has 25 heavy (non-hydrogen) atoms. The molecule has 0 aliphatic carbocycles. The van der Waals surface area contributed by atoms with Crippen molar-refractivity contribution in [2.75, 3.05) is 38.0 Å². The molecule has 1 aliphatic rings. The van der Waals surface area contributed by atoms with Crippen molar-refractivity contribution in [2.45, 2.75) is 13.5 Å². The van der Waals surface area contributed by atoms with E-state index < -0.39 is 0 Å². The Balaban J connectivity index is 1.46. The monoisotopic (exact) mass is 382 g/mol. The lowest BCUT2D eigenvalue weighted by molar-refractivity contribution is -0.117. The number of halogens is 2. The fourth-order valence-electron chi connectivity index (χ4n) is 2.83. The summed E-state index contributed by atoms with van der Waals surface area (Å²) in [5.74, 6) is 0.708. The van der Waals surface area contributed by atoms with E-state index in [4.69, 9.17) is 27.7 Å². The quantitative estimate of drug-likeness (QED) is 0.860. The molecule has 0 saturated carbocycles. The van der Waals surface area contributed by atoms with Gasteiger partial charge in [-0.05, 0) is 19.1 Å². The second-order valence-corrected chi connectivity index (χ2v) is 6.94. The third-order valence-corrected chi connectivity index (χ3v) is 4.75. The van der Waals surface area contributed by atoms with Gasteiger partial charge in [-0.2, -0.15) is 0 Å². The Labute approximate surface area is 156 Å². The number of nitrogens with zero attached hydrogens (tertiary/aromatic N) is 3. The summed E-state index contributed by atoms with van der Waals surface area (Å²) >= 11 is 12.2. The van der Waals surface area contributed by atoms with Crippen LogP contribution in [0.15, 0.2) is 28.8 Å². The predicted octanol–water partition coefficient (Wildman–Crippen LogP) is 3.05. The van der Waals surface area contributed by atoms with Gasteiger partial charge in [-0.1, -0.05) is 34.4 Å². The van der Waals surface area contributed by atoms with Crippen molar-refractivity contribution >= 4 is 34.8 Å². The molecular weight excluding hydrogens is 363 g/mol. The van der Waals surface area contributed by atoms with Gasteiger partial charge >= 0.3 is 0 Å². The van der Waals surface area contributed by atoms with Crippen LogP contribution in [0.25, 0.3) is 0 Å². The van der Waals surface area contributed by atoms with Gasteiger partial charge in [0.1, 0.15) is 5.76 Å². The lowest BCUT2D eigenvalue weighted by Crippen LogP contribution is -2.48. The molecular formula is C17H20Cl2N4O2. The number of carbonyl (C=O) groups is 1. The minimum atomic E-state index is -0.115. The van der Waals surface area contributed by atoms with Crippen molar-refractivity contribution in [3.63, 3.8) is 0 Å². The van der Waals surface area contributed by atoms with Gasteiger partial charge in [-0.15, -0.1) is 0 Å². The normalized spacial score (nSPS) is 16.1. The number of piperazine rings is 1. The van der Waals surface area contributed by atoms with Crippen LogP contribution in [0.3, 0.4) is 0 Å². The molecule has 0 atom stereocenters. The molecule has 1 saturated heterocycles. The summed E-state index contributed by atoms with van der Waals surface area (Å²) < 4.78 is 5.09. The van der Waals surface area contributed by atoms with Gasteiger partial charge < -0.3 is 9.84 Å². The maximum atomic E-state index is 12.3. The Hall–Kier alpha value is -1.60. The smallest absolute Gasteiger partial charge is 0.238 e. The van der Waals surface area contributed by atoms with Crippen LogP contribution >= 0.6 is 23.2 Å². The molecule has 3 rings (SSSR count). The summed E-state index contributed by atoms with van der Waals surface area (Å²) in [6.45, 7) is 6.38. The lowest BCUT2D eigenvalue weighted by atomic mass is 10.2. The molecule has 0 unspecified atom stereocenters. The molecule has 1 aliphatic heterocycles. The van der Waals surface area contributed by atoms with E-state index in [1.54, 1.807) is 18.2 Å². The standard InChI is InChI=1S/C17H20Cl2N4O2/c1-12-9-13(21-25-12)10-22-5-7-23(8-6-22)11-16(24)20-17-14(18)3-2-4-15(17)19/h2-4,9H,5-8,10-11H2,1H3,(H,20,24). The molecule has 1 fully saturated rings. The lowest BCUT2D eigenvalue weighted by Gasteiger charge is -2.33. The van der Waals surface area contributed by atoms with E-state index in [0.29, 0.717) is 22.3 Å². The minimum absolute atomic E-state index is 0.115. The number of aryl methyl sites for hydroxylation is 1. The van der Waals surface area contributed by atoms with Gasteiger partial charge in [-0.3, -0.25) is 14.6 Å². The molecule has 6 nitrogen and oxygen atoms in total. The summed E-state index contributed by atoms with van der Waals surface area (Å²) in [5.41, 5.74) is 1.41. The third kappa shape index (κ3) is 4.95. The van der Waals surface area contributed by atoms with E-state index in [1.165, 1.54) is 0 Å². The Morgan fingerprint density at radius 1 is 1.20 bits per heavy atom. The van der Waals surface area contributed by atoms with Crippen molar-refractivity contribution in [2.24, 2.45) is 0 Å². The summed E-state index contributed by atoms with van der Waals surface area (Å²) in [4.78, 5) is 16.7. The van der Waals surface area contributed by atoms with Crippen molar-refractivity contribution < 1.29 is 9.32 Å².